The highest BCUT2D eigenvalue weighted by Gasteiger charge is 2.02. The van der Waals surface area contributed by atoms with Crippen molar-refractivity contribution < 1.29 is 0 Å². The smallest absolute Gasteiger partial charge is 0.126 e. The summed E-state index contributed by atoms with van der Waals surface area (Å²) in [5.74, 6) is 0.849. The van der Waals surface area contributed by atoms with Gasteiger partial charge in [-0.05, 0) is 24.3 Å². The maximum absolute atomic E-state index is 4.67. The van der Waals surface area contributed by atoms with Crippen molar-refractivity contribution in [2.24, 2.45) is 0 Å². The van der Waals surface area contributed by atoms with Gasteiger partial charge < -0.3 is 5.32 Å². The molecule has 0 unspecified atom stereocenters. The topological polar surface area (TPSA) is 37.8 Å². The van der Waals surface area contributed by atoms with Crippen LogP contribution in [0.3, 0.4) is 0 Å². The summed E-state index contributed by atoms with van der Waals surface area (Å²) in [6.45, 7) is 0. The Morgan fingerprint density at radius 2 is 1.89 bits per heavy atom. The molecule has 1 N–H and O–H groups in total. The first-order valence-electron chi connectivity index (χ1n) is 5.87. The molecule has 0 radical (unpaired) electrons. The van der Waals surface area contributed by atoms with Gasteiger partial charge in [0.1, 0.15) is 5.82 Å². The van der Waals surface area contributed by atoms with E-state index in [1.54, 1.807) is 6.20 Å². The molecule has 18 heavy (non-hydrogen) atoms. The maximum Gasteiger partial charge on any atom is 0.126 e. The molecule has 3 heteroatoms. The number of anilines is 1. The SMILES string of the molecule is CNc1cc(-c2ccc3ccccc3n2)ccn1. The van der Waals surface area contributed by atoms with Crippen LogP contribution >= 0.6 is 0 Å². The number of fused-ring (bicyclic) bond motifs is 1. The van der Waals surface area contributed by atoms with Gasteiger partial charge >= 0.3 is 0 Å². The number of para-hydroxylation sites is 1. The Balaban J connectivity index is 2.13. The maximum atomic E-state index is 4.67. The Kier molecular flexibility index (Phi) is 2.65. The van der Waals surface area contributed by atoms with Crippen LogP contribution in [-0.2, 0) is 0 Å². The minimum atomic E-state index is 0.849. The summed E-state index contributed by atoms with van der Waals surface area (Å²) in [5, 5.41) is 4.19. The normalized spacial score (nSPS) is 10.5. The molecule has 0 aliphatic rings. The van der Waals surface area contributed by atoms with Crippen LogP contribution in [0.4, 0.5) is 5.82 Å². The van der Waals surface area contributed by atoms with Crippen molar-refractivity contribution in [3.05, 3.63) is 54.7 Å². The summed E-state index contributed by atoms with van der Waals surface area (Å²) in [7, 11) is 1.86. The van der Waals surface area contributed by atoms with E-state index >= 15 is 0 Å². The molecule has 0 fully saturated rings. The highest BCUT2D eigenvalue weighted by atomic mass is 14.9. The summed E-state index contributed by atoms with van der Waals surface area (Å²) in [6, 6.07) is 16.2. The number of nitrogens with one attached hydrogen (secondary N) is 1. The molecular weight excluding hydrogens is 222 g/mol. The second kappa shape index (κ2) is 4.45. The molecular formula is C15H13N3. The van der Waals surface area contributed by atoms with E-state index in [9.17, 15) is 0 Å². The number of hydrogen-bond donors (Lipinski definition) is 1. The quantitative estimate of drug-likeness (QED) is 0.740. The minimum absolute atomic E-state index is 0.849. The Morgan fingerprint density at radius 1 is 1.00 bits per heavy atom. The van der Waals surface area contributed by atoms with Gasteiger partial charge in [-0.1, -0.05) is 24.3 Å². The van der Waals surface area contributed by atoms with Crippen LogP contribution in [0.5, 0.6) is 0 Å². The number of benzene rings is 1. The van der Waals surface area contributed by atoms with Gasteiger partial charge in [0.25, 0.3) is 0 Å². The lowest BCUT2D eigenvalue weighted by Gasteiger charge is -2.05. The third kappa shape index (κ3) is 1.91. The summed E-state index contributed by atoms with van der Waals surface area (Å²) in [4.78, 5) is 8.87. The van der Waals surface area contributed by atoms with Crippen molar-refractivity contribution in [2.45, 2.75) is 0 Å². The lowest BCUT2D eigenvalue weighted by molar-refractivity contribution is 1.28. The fourth-order valence-electron chi connectivity index (χ4n) is 1.95. The van der Waals surface area contributed by atoms with Crippen LogP contribution < -0.4 is 5.32 Å². The Labute approximate surface area is 106 Å². The zero-order valence-corrected chi connectivity index (χ0v) is 10.1. The average molecular weight is 235 g/mol. The van der Waals surface area contributed by atoms with Gasteiger partial charge in [0.15, 0.2) is 0 Å². The molecule has 88 valence electrons. The second-order valence-corrected chi connectivity index (χ2v) is 4.07. The van der Waals surface area contributed by atoms with Crippen molar-refractivity contribution in [3.8, 4) is 11.3 Å². The van der Waals surface area contributed by atoms with E-state index in [4.69, 9.17) is 0 Å². The molecule has 0 aliphatic carbocycles. The van der Waals surface area contributed by atoms with E-state index in [2.05, 4.69) is 27.4 Å². The van der Waals surface area contributed by atoms with E-state index in [1.165, 1.54) is 0 Å². The van der Waals surface area contributed by atoms with Crippen molar-refractivity contribution in [1.82, 2.24) is 9.97 Å². The second-order valence-electron chi connectivity index (χ2n) is 4.07. The highest BCUT2D eigenvalue weighted by Crippen LogP contribution is 2.22. The summed E-state index contributed by atoms with van der Waals surface area (Å²) >= 11 is 0. The predicted molar refractivity (Wildman–Crippen MR) is 74.5 cm³/mol. The lowest BCUT2D eigenvalue weighted by atomic mass is 10.1. The molecule has 0 amide bonds. The van der Waals surface area contributed by atoms with Gasteiger partial charge in [-0.2, -0.15) is 0 Å². The van der Waals surface area contributed by atoms with Crippen molar-refractivity contribution in [3.63, 3.8) is 0 Å². The lowest BCUT2D eigenvalue weighted by Crippen LogP contribution is -1.92. The summed E-state index contributed by atoms with van der Waals surface area (Å²) in [6.07, 6.45) is 1.79. The molecule has 0 aliphatic heterocycles. The molecule has 0 atom stereocenters. The van der Waals surface area contributed by atoms with Gasteiger partial charge in [-0.3, -0.25) is 0 Å². The van der Waals surface area contributed by atoms with Gasteiger partial charge in [0.05, 0.1) is 11.2 Å². The number of aromatic nitrogens is 2. The number of rotatable bonds is 2. The molecule has 2 aromatic heterocycles. The van der Waals surface area contributed by atoms with Crippen LogP contribution in [0.25, 0.3) is 22.2 Å². The molecule has 3 rings (SSSR count). The van der Waals surface area contributed by atoms with E-state index in [1.807, 2.05) is 43.4 Å². The van der Waals surface area contributed by atoms with Crippen LogP contribution in [0.2, 0.25) is 0 Å². The molecule has 3 aromatic rings. The minimum Gasteiger partial charge on any atom is -0.373 e. The largest absolute Gasteiger partial charge is 0.373 e. The Hall–Kier alpha value is -2.42. The Morgan fingerprint density at radius 3 is 2.78 bits per heavy atom. The van der Waals surface area contributed by atoms with E-state index in [0.717, 1.165) is 28.0 Å². The molecule has 2 heterocycles. The molecule has 1 aromatic carbocycles. The van der Waals surface area contributed by atoms with E-state index < -0.39 is 0 Å². The molecule has 0 saturated heterocycles. The first kappa shape index (κ1) is 10.7. The standard InChI is InChI=1S/C15H13N3/c1-16-15-10-12(8-9-17-15)14-7-6-11-4-2-3-5-13(11)18-14/h2-10H,1H3,(H,16,17). The van der Waals surface area contributed by atoms with Crippen LogP contribution in [0.15, 0.2) is 54.7 Å². The summed E-state index contributed by atoms with van der Waals surface area (Å²) in [5.41, 5.74) is 3.05. The van der Waals surface area contributed by atoms with Gasteiger partial charge in [0.2, 0.25) is 0 Å². The zero-order valence-electron chi connectivity index (χ0n) is 10.1. The van der Waals surface area contributed by atoms with Gasteiger partial charge in [-0.25, -0.2) is 9.97 Å². The van der Waals surface area contributed by atoms with Crippen LogP contribution in [0.1, 0.15) is 0 Å². The van der Waals surface area contributed by atoms with Crippen molar-refractivity contribution in [2.75, 3.05) is 12.4 Å². The third-order valence-electron chi connectivity index (χ3n) is 2.91. The number of hydrogen-bond acceptors (Lipinski definition) is 3. The van der Waals surface area contributed by atoms with Crippen LogP contribution in [-0.4, -0.2) is 17.0 Å². The van der Waals surface area contributed by atoms with E-state index in [0.29, 0.717) is 0 Å². The molecule has 0 saturated carbocycles. The first-order chi connectivity index (χ1) is 8.86. The summed E-state index contributed by atoms with van der Waals surface area (Å²) < 4.78 is 0. The van der Waals surface area contributed by atoms with Crippen molar-refractivity contribution >= 4 is 16.7 Å². The highest BCUT2D eigenvalue weighted by molar-refractivity contribution is 5.81. The molecule has 3 nitrogen and oxygen atoms in total. The average Bonchev–Trinajstić information content (AvgIpc) is 2.47. The molecule has 0 bridgehead atoms. The molecule has 0 spiro atoms. The fourth-order valence-corrected chi connectivity index (χ4v) is 1.95. The predicted octanol–water partition coefficient (Wildman–Crippen LogP) is 3.34. The van der Waals surface area contributed by atoms with Crippen LogP contribution in [0, 0.1) is 0 Å². The number of nitrogens with zero attached hydrogens (tertiary/aromatic N) is 2. The number of pyridine rings is 2. The third-order valence-corrected chi connectivity index (χ3v) is 2.91. The van der Waals surface area contributed by atoms with Gasteiger partial charge in [-0.15, -0.1) is 0 Å². The van der Waals surface area contributed by atoms with Gasteiger partial charge in [0, 0.05) is 24.2 Å². The zero-order chi connectivity index (χ0) is 12.4. The monoisotopic (exact) mass is 235 g/mol. The fraction of sp³-hybridized carbons (Fsp3) is 0.0667. The van der Waals surface area contributed by atoms with Crippen molar-refractivity contribution in [1.29, 1.82) is 0 Å². The Bertz CT molecular complexity index is 692. The first-order valence-corrected chi connectivity index (χ1v) is 5.87. The van der Waals surface area contributed by atoms with E-state index in [-0.39, 0.29) is 0 Å².